The molecule has 31 heavy (non-hydrogen) atoms. The van der Waals surface area contributed by atoms with Crippen LogP contribution >= 0.6 is 0 Å². The molecule has 3 N–H and O–H groups in total. The molecule has 2 atom stereocenters. The van der Waals surface area contributed by atoms with Crippen LogP contribution in [0.15, 0.2) is 53.5 Å². The van der Waals surface area contributed by atoms with Gasteiger partial charge in [-0.25, -0.2) is 4.79 Å². The van der Waals surface area contributed by atoms with E-state index in [4.69, 9.17) is 5.73 Å². The molecule has 2 aliphatic heterocycles. The first-order valence-electron chi connectivity index (χ1n) is 10.2. The lowest BCUT2D eigenvalue weighted by Gasteiger charge is -2.27. The van der Waals surface area contributed by atoms with E-state index in [1.54, 1.807) is 53.9 Å². The molecular weight excluding hydrogens is 398 g/mol. The number of aromatic nitrogens is 1. The maximum Gasteiger partial charge on any atom is 0.320 e. The first kappa shape index (κ1) is 20.6. The summed E-state index contributed by atoms with van der Waals surface area (Å²) in [5.41, 5.74) is 6.37. The number of nitrogens with zero attached hydrogens (tertiary/aromatic N) is 3. The number of benzene rings is 1. The molecule has 2 fully saturated rings. The molecular formula is C22H24N5O4. The van der Waals surface area contributed by atoms with Crippen LogP contribution in [0.25, 0.3) is 5.69 Å². The minimum absolute atomic E-state index is 0.166. The maximum absolute atomic E-state index is 12.7. The fourth-order valence-electron chi connectivity index (χ4n) is 4.01. The molecule has 4 rings (SSSR count). The van der Waals surface area contributed by atoms with Crippen molar-refractivity contribution in [2.24, 2.45) is 5.73 Å². The topological polar surface area (TPSA) is 118 Å². The number of urea groups is 1. The van der Waals surface area contributed by atoms with E-state index in [-0.39, 0.29) is 24.0 Å². The van der Waals surface area contributed by atoms with Gasteiger partial charge >= 0.3 is 6.03 Å². The zero-order chi connectivity index (χ0) is 22.0. The van der Waals surface area contributed by atoms with Crippen molar-refractivity contribution in [3.8, 4) is 5.69 Å². The Labute approximate surface area is 179 Å². The first-order valence-corrected chi connectivity index (χ1v) is 10.2. The van der Waals surface area contributed by atoms with Crippen LogP contribution in [0, 0.1) is 6.42 Å². The van der Waals surface area contributed by atoms with Gasteiger partial charge in [-0.15, -0.1) is 0 Å². The Hall–Kier alpha value is -3.62. The van der Waals surface area contributed by atoms with Crippen LogP contribution in [-0.2, 0) is 4.79 Å². The van der Waals surface area contributed by atoms with Gasteiger partial charge in [0, 0.05) is 49.6 Å². The van der Waals surface area contributed by atoms with Crippen molar-refractivity contribution in [1.29, 1.82) is 0 Å². The molecule has 4 amide bonds. The molecule has 3 heterocycles. The second-order valence-corrected chi connectivity index (χ2v) is 7.70. The van der Waals surface area contributed by atoms with E-state index in [0.29, 0.717) is 24.3 Å². The van der Waals surface area contributed by atoms with E-state index in [2.05, 4.69) is 5.32 Å². The van der Waals surface area contributed by atoms with Crippen molar-refractivity contribution in [2.75, 3.05) is 19.6 Å². The third kappa shape index (κ3) is 4.30. The summed E-state index contributed by atoms with van der Waals surface area (Å²) in [4.78, 5) is 52.4. The van der Waals surface area contributed by atoms with Gasteiger partial charge in [-0.2, -0.15) is 0 Å². The quantitative estimate of drug-likeness (QED) is 0.747. The third-order valence-electron chi connectivity index (χ3n) is 5.60. The summed E-state index contributed by atoms with van der Waals surface area (Å²) in [5.74, 6) is -0.964. The van der Waals surface area contributed by atoms with Gasteiger partial charge in [0.05, 0.1) is 6.04 Å². The van der Waals surface area contributed by atoms with Gasteiger partial charge in [0.2, 0.25) is 5.91 Å². The fourth-order valence-corrected chi connectivity index (χ4v) is 4.01. The van der Waals surface area contributed by atoms with Crippen LogP contribution < -0.4 is 16.6 Å². The molecule has 0 saturated carbocycles. The average Bonchev–Trinajstić information content (AvgIpc) is 3.44. The average molecular weight is 422 g/mol. The highest BCUT2D eigenvalue weighted by molar-refractivity contribution is 5.95. The predicted molar refractivity (Wildman–Crippen MR) is 113 cm³/mol. The number of amides is 4. The Balaban J connectivity index is 1.43. The van der Waals surface area contributed by atoms with Gasteiger partial charge in [0.1, 0.15) is 6.04 Å². The summed E-state index contributed by atoms with van der Waals surface area (Å²) < 4.78 is 1.48. The molecule has 0 bridgehead atoms. The summed E-state index contributed by atoms with van der Waals surface area (Å²) in [7, 11) is 0. The van der Waals surface area contributed by atoms with E-state index in [1.165, 1.54) is 15.5 Å². The number of carbonyl (C=O) groups excluding carboxylic acids is 3. The summed E-state index contributed by atoms with van der Waals surface area (Å²) >= 11 is 0. The lowest BCUT2D eigenvalue weighted by molar-refractivity contribution is -0.120. The molecule has 2 saturated heterocycles. The number of hydrogen-bond donors (Lipinski definition) is 2. The van der Waals surface area contributed by atoms with Crippen LogP contribution in [0.4, 0.5) is 4.79 Å². The maximum atomic E-state index is 12.7. The molecule has 9 nitrogen and oxygen atoms in total. The van der Waals surface area contributed by atoms with E-state index in [1.807, 2.05) is 0 Å². The highest BCUT2D eigenvalue weighted by Gasteiger charge is 2.41. The van der Waals surface area contributed by atoms with E-state index in [9.17, 15) is 19.2 Å². The molecule has 0 spiro atoms. The Kier molecular flexibility index (Phi) is 5.75. The van der Waals surface area contributed by atoms with Crippen LogP contribution in [0.1, 0.15) is 23.2 Å². The third-order valence-corrected chi connectivity index (χ3v) is 5.60. The van der Waals surface area contributed by atoms with Crippen LogP contribution in [0.2, 0.25) is 0 Å². The summed E-state index contributed by atoms with van der Waals surface area (Å²) in [5, 5.41) is 2.84. The lowest BCUT2D eigenvalue weighted by atomic mass is 10.1. The molecule has 0 aliphatic carbocycles. The van der Waals surface area contributed by atoms with E-state index in [0.717, 1.165) is 12.8 Å². The van der Waals surface area contributed by atoms with Crippen LogP contribution in [-0.4, -0.2) is 63.9 Å². The fraction of sp³-hybridized carbons (Fsp3) is 0.318. The number of rotatable bonds is 4. The molecule has 2 aromatic rings. The second-order valence-electron chi connectivity index (χ2n) is 7.70. The molecule has 2 unspecified atom stereocenters. The number of hydrogen-bond acceptors (Lipinski definition) is 4. The van der Waals surface area contributed by atoms with Gasteiger partial charge in [-0.05, 0) is 43.2 Å². The SMILES string of the molecule is NC(=O)C1[CH]C(NC(=O)c2ccc(-n3ccccc3=O)cc2)CN1C(=O)N1CCCC1. The van der Waals surface area contributed by atoms with Crippen LogP contribution in [0.3, 0.4) is 0 Å². The number of primary amides is 1. The minimum Gasteiger partial charge on any atom is -0.368 e. The Morgan fingerprint density at radius 3 is 2.35 bits per heavy atom. The molecule has 9 heteroatoms. The van der Waals surface area contributed by atoms with Crippen molar-refractivity contribution in [3.05, 3.63) is 71.0 Å². The number of carbonyl (C=O) groups is 3. The van der Waals surface area contributed by atoms with Gasteiger partial charge in [0.25, 0.3) is 11.5 Å². The van der Waals surface area contributed by atoms with Gasteiger partial charge in [-0.1, -0.05) is 6.07 Å². The van der Waals surface area contributed by atoms with E-state index < -0.39 is 18.0 Å². The van der Waals surface area contributed by atoms with Gasteiger partial charge in [0.15, 0.2) is 0 Å². The monoisotopic (exact) mass is 422 g/mol. The largest absolute Gasteiger partial charge is 0.368 e. The van der Waals surface area contributed by atoms with Crippen molar-refractivity contribution in [3.63, 3.8) is 0 Å². The first-order chi connectivity index (χ1) is 14.9. The smallest absolute Gasteiger partial charge is 0.320 e. The van der Waals surface area contributed by atoms with E-state index >= 15 is 0 Å². The highest BCUT2D eigenvalue weighted by atomic mass is 16.2. The Morgan fingerprint density at radius 1 is 1.00 bits per heavy atom. The molecule has 1 aromatic heterocycles. The number of nitrogens with one attached hydrogen (secondary N) is 1. The summed E-state index contributed by atoms with van der Waals surface area (Å²) in [6, 6.07) is 9.91. The molecule has 1 radical (unpaired) electrons. The zero-order valence-electron chi connectivity index (χ0n) is 16.9. The summed E-state index contributed by atoms with van der Waals surface area (Å²) in [6.45, 7) is 1.51. The van der Waals surface area contributed by atoms with Crippen LogP contribution in [0.5, 0.6) is 0 Å². The van der Waals surface area contributed by atoms with Gasteiger partial charge < -0.3 is 20.9 Å². The number of likely N-dealkylation sites (tertiary alicyclic amines) is 2. The minimum atomic E-state index is -0.856. The van der Waals surface area contributed by atoms with Gasteiger partial charge in [-0.3, -0.25) is 19.0 Å². The molecule has 161 valence electrons. The van der Waals surface area contributed by atoms with Crippen molar-refractivity contribution in [2.45, 2.75) is 24.9 Å². The normalized spacial score (nSPS) is 20.6. The Bertz CT molecular complexity index is 1040. The Morgan fingerprint density at radius 2 is 1.71 bits per heavy atom. The zero-order valence-corrected chi connectivity index (χ0v) is 16.9. The second kappa shape index (κ2) is 8.63. The predicted octanol–water partition coefficient (Wildman–Crippen LogP) is 0.525. The number of pyridine rings is 1. The standard InChI is InChI=1S/C22H24N5O4/c23-20(29)18-13-16(14-27(18)22(31)25-10-3-4-11-25)24-21(30)15-6-8-17(9-7-15)26-12-2-1-5-19(26)28/h1-2,5-9,12-13,16,18H,3-4,10-11,14H2,(H2,23,29)(H,24,30). The molecule has 1 aromatic carbocycles. The van der Waals surface area contributed by atoms with Crippen molar-refractivity contribution in [1.82, 2.24) is 19.7 Å². The number of nitrogens with two attached hydrogens (primary N) is 1. The summed E-state index contributed by atoms with van der Waals surface area (Å²) in [6.07, 6.45) is 5.14. The molecule has 2 aliphatic rings. The lowest BCUT2D eigenvalue weighted by Crippen LogP contribution is -2.49. The van der Waals surface area contributed by atoms with Crippen molar-refractivity contribution < 1.29 is 14.4 Å². The highest BCUT2D eigenvalue weighted by Crippen LogP contribution is 2.21. The van der Waals surface area contributed by atoms with Crippen molar-refractivity contribution >= 4 is 17.8 Å².